The van der Waals surface area contributed by atoms with Crippen LogP contribution >= 0.6 is 0 Å². The number of alkyl halides is 3. The lowest BCUT2D eigenvalue weighted by atomic mass is 9.72. The third kappa shape index (κ3) is 4.58. The highest BCUT2D eigenvalue weighted by molar-refractivity contribution is 7.88. The van der Waals surface area contributed by atoms with Crippen LogP contribution in [0.25, 0.3) is 0 Å². The molecule has 6 rings (SSSR count). The van der Waals surface area contributed by atoms with Crippen molar-refractivity contribution in [2.45, 2.75) is 86.5 Å². The quantitative estimate of drug-likeness (QED) is 0.438. The SMILES string of the molecule is O=S(=O)(Oc1ccc2c3c1OC1CC(O)(CCC14OCCO4)C(C2)N(CC1CCCO1)CCC3)C(F)(F)F. The van der Waals surface area contributed by atoms with Crippen molar-refractivity contribution in [3.63, 3.8) is 0 Å². The molecule has 2 saturated heterocycles. The zero-order valence-corrected chi connectivity index (χ0v) is 21.7. The Morgan fingerprint density at radius 1 is 1.13 bits per heavy atom. The van der Waals surface area contributed by atoms with Crippen molar-refractivity contribution < 1.29 is 49.8 Å². The second kappa shape index (κ2) is 9.48. The van der Waals surface area contributed by atoms with Crippen LogP contribution in [0.5, 0.6) is 11.5 Å². The van der Waals surface area contributed by atoms with Gasteiger partial charge in [0.2, 0.25) is 5.79 Å². The Morgan fingerprint density at radius 3 is 2.63 bits per heavy atom. The number of hydrogen-bond donors (Lipinski definition) is 1. The van der Waals surface area contributed by atoms with Crippen molar-refractivity contribution in [2.24, 2.45) is 0 Å². The molecule has 13 heteroatoms. The van der Waals surface area contributed by atoms with Gasteiger partial charge in [0.25, 0.3) is 0 Å². The van der Waals surface area contributed by atoms with Gasteiger partial charge >= 0.3 is 15.6 Å². The second-order valence-corrected chi connectivity index (χ2v) is 12.4. The maximum absolute atomic E-state index is 13.2. The lowest BCUT2D eigenvalue weighted by Gasteiger charge is -2.51. The Labute approximate surface area is 219 Å². The molecule has 38 heavy (non-hydrogen) atoms. The third-order valence-corrected chi connectivity index (χ3v) is 9.55. The number of rotatable bonds is 4. The normalized spacial score (nSPS) is 33.2. The van der Waals surface area contributed by atoms with Crippen molar-refractivity contribution in [1.82, 2.24) is 4.90 Å². The number of ether oxygens (including phenoxy) is 4. The lowest BCUT2D eigenvalue weighted by molar-refractivity contribution is -0.259. The monoisotopic (exact) mass is 563 g/mol. The van der Waals surface area contributed by atoms with Crippen LogP contribution < -0.4 is 8.92 Å². The Hall–Kier alpha value is -1.64. The van der Waals surface area contributed by atoms with E-state index in [0.29, 0.717) is 64.0 Å². The van der Waals surface area contributed by atoms with E-state index in [0.717, 1.165) is 25.0 Å². The van der Waals surface area contributed by atoms with Gasteiger partial charge in [-0.25, -0.2) is 0 Å². The summed E-state index contributed by atoms with van der Waals surface area (Å²) in [6.07, 6.45) is 3.42. The van der Waals surface area contributed by atoms with Crippen LogP contribution in [0.3, 0.4) is 0 Å². The minimum atomic E-state index is -5.93. The van der Waals surface area contributed by atoms with Crippen molar-refractivity contribution in [2.75, 3.05) is 32.9 Å². The molecule has 0 amide bonds. The zero-order valence-electron chi connectivity index (χ0n) is 20.9. The van der Waals surface area contributed by atoms with Gasteiger partial charge in [0.1, 0.15) is 0 Å². The average molecular weight is 564 g/mol. The third-order valence-electron chi connectivity index (χ3n) is 8.58. The Kier molecular flexibility index (Phi) is 6.63. The Morgan fingerprint density at radius 2 is 1.92 bits per heavy atom. The molecule has 9 nitrogen and oxygen atoms in total. The van der Waals surface area contributed by atoms with Crippen molar-refractivity contribution >= 4 is 10.1 Å². The van der Waals surface area contributed by atoms with Crippen LogP contribution in [-0.2, 0) is 37.2 Å². The number of nitrogens with zero attached hydrogens (tertiary/aromatic N) is 1. The van der Waals surface area contributed by atoms with E-state index in [-0.39, 0.29) is 24.3 Å². The first-order valence-corrected chi connectivity index (χ1v) is 14.6. The highest BCUT2D eigenvalue weighted by atomic mass is 32.2. The number of benzene rings is 1. The average Bonchev–Trinajstić information content (AvgIpc) is 3.52. The van der Waals surface area contributed by atoms with Gasteiger partial charge in [0.05, 0.1) is 24.9 Å². The summed E-state index contributed by atoms with van der Waals surface area (Å²) in [5, 5.41) is 12.2. The molecule has 3 fully saturated rings. The van der Waals surface area contributed by atoms with Crippen molar-refractivity contribution in [3.05, 3.63) is 23.3 Å². The molecular formula is C25H32F3NO8S. The summed E-state index contributed by atoms with van der Waals surface area (Å²) in [4.78, 5) is 2.29. The summed E-state index contributed by atoms with van der Waals surface area (Å²) in [6.45, 7) is 2.65. The summed E-state index contributed by atoms with van der Waals surface area (Å²) in [7, 11) is -5.93. The van der Waals surface area contributed by atoms with Crippen LogP contribution in [0.15, 0.2) is 12.1 Å². The molecule has 4 unspecified atom stereocenters. The van der Waals surface area contributed by atoms with E-state index in [4.69, 9.17) is 18.9 Å². The summed E-state index contributed by atoms with van der Waals surface area (Å²) < 4.78 is 92.4. The zero-order chi connectivity index (χ0) is 26.8. The first-order valence-electron chi connectivity index (χ1n) is 13.2. The fraction of sp³-hybridized carbons (Fsp3) is 0.760. The molecule has 1 aromatic carbocycles. The first kappa shape index (κ1) is 26.6. The van der Waals surface area contributed by atoms with Crippen LogP contribution in [0.2, 0.25) is 0 Å². The summed E-state index contributed by atoms with van der Waals surface area (Å²) in [5.74, 6) is -1.78. The van der Waals surface area contributed by atoms with Gasteiger partial charge in [-0.2, -0.15) is 21.6 Å². The van der Waals surface area contributed by atoms with E-state index in [1.54, 1.807) is 6.07 Å². The summed E-state index contributed by atoms with van der Waals surface area (Å²) in [6, 6.07) is 2.48. The van der Waals surface area contributed by atoms with Crippen molar-refractivity contribution in [3.8, 4) is 11.5 Å². The molecule has 0 radical (unpaired) electrons. The van der Waals surface area contributed by atoms with Gasteiger partial charge in [-0.3, -0.25) is 4.90 Å². The molecule has 212 valence electrons. The number of halogens is 3. The second-order valence-electron chi connectivity index (χ2n) is 10.9. The molecule has 0 aromatic heterocycles. The van der Waals surface area contributed by atoms with E-state index in [1.165, 1.54) is 6.07 Å². The van der Waals surface area contributed by atoms with E-state index >= 15 is 0 Å². The molecule has 4 aliphatic heterocycles. The largest absolute Gasteiger partial charge is 0.534 e. The predicted molar refractivity (Wildman–Crippen MR) is 126 cm³/mol. The van der Waals surface area contributed by atoms with Crippen LogP contribution in [0.4, 0.5) is 13.2 Å². The molecule has 1 aromatic rings. The van der Waals surface area contributed by atoms with E-state index < -0.39 is 38.9 Å². The van der Waals surface area contributed by atoms with Gasteiger partial charge in [-0.15, -0.1) is 0 Å². The van der Waals surface area contributed by atoms with E-state index in [9.17, 15) is 26.7 Å². The minimum Gasteiger partial charge on any atom is -0.480 e. The topological polar surface area (TPSA) is 104 Å². The van der Waals surface area contributed by atoms with Gasteiger partial charge in [0.15, 0.2) is 17.6 Å². The van der Waals surface area contributed by atoms with Gasteiger partial charge < -0.3 is 28.2 Å². The summed E-state index contributed by atoms with van der Waals surface area (Å²) in [5.41, 5.74) is -5.43. The van der Waals surface area contributed by atoms with E-state index in [2.05, 4.69) is 9.08 Å². The van der Waals surface area contributed by atoms with Crippen molar-refractivity contribution in [1.29, 1.82) is 0 Å². The Bertz CT molecular complexity index is 1170. The molecule has 5 aliphatic rings. The number of aliphatic hydroxyl groups is 1. The Balaban J connectivity index is 1.45. The van der Waals surface area contributed by atoms with Gasteiger partial charge in [-0.1, -0.05) is 6.07 Å². The minimum absolute atomic E-state index is 0.0590. The fourth-order valence-electron chi connectivity index (χ4n) is 6.73. The summed E-state index contributed by atoms with van der Waals surface area (Å²) >= 11 is 0. The highest BCUT2D eigenvalue weighted by Crippen LogP contribution is 2.50. The fourth-order valence-corrected chi connectivity index (χ4v) is 7.19. The molecule has 4 heterocycles. The van der Waals surface area contributed by atoms with E-state index in [1.807, 2.05) is 0 Å². The molecule has 1 aliphatic carbocycles. The predicted octanol–water partition coefficient (Wildman–Crippen LogP) is 2.67. The van der Waals surface area contributed by atoms with Gasteiger partial charge in [-0.05, 0) is 56.7 Å². The standard InChI is InChI=1S/C25H32F3NO8S/c26-25(27,28)38(31,32)37-19-6-5-16-13-20-23(30)7-8-24(34-11-12-35-24)21(14-23)36-22(19)18(16)4-1-9-29(20)15-17-3-2-10-33-17/h5-6,17,20-21,30H,1-4,7-15H2. The van der Waals surface area contributed by atoms with Crippen LogP contribution in [0, 0.1) is 0 Å². The molecule has 6 bridgehead atoms. The van der Waals surface area contributed by atoms with Crippen LogP contribution in [0.1, 0.15) is 49.7 Å². The number of hydrogen-bond acceptors (Lipinski definition) is 9. The molecule has 1 N–H and O–H groups in total. The van der Waals surface area contributed by atoms with Gasteiger partial charge in [0, 0.05) is 37.6 Å². The molecular weight excluding hydrogens is 531 g/mol. The smallest absolute Gasteiger partial charge is 0.480 e. The first-order chi connectivity index (χ1) is 18.0. The van der Waals surface area contributed by atoms with Crippen LogP contribution in [-0.4, -0.2) is 86.5 Å². The lowest BCUT2D eigenvalue weighted by Crippen LogP contribution is -2.63. The molecule has 1 spiro atoms. The maximum atomic E-state index is 13.2. The maximum Gasteiger partial charge on any atom is 0.534 e. The molecule has 1 saturated carbocycles. The highest BCUT2D eigenvalue weighted by Gasteiger charge is 2.58. The molecule has 4 atom stereocenters. The number of fused-ring (bicyclic) bond motifs is 5.